The third-order valence-corrected chi connectivity index (χ3v) is 2.53. The summed E-state index contributed by atoms with van der Waals surface area (Å²) in [5.41, 5.74) is 0. The lowest BCUT2D eigenvalue weighted by Gasteiger charge is -2.08. The number of methoxy groups -OCH3 is 2. The topological polar surface area (TPSA) is 53.5 Å². The smallest absolute Gasteiger partial charge is 0.217 e. The summed E-state index contributed by atoms with van der Waals surface area (Å²) in [6, 6.07) is 8.82. The van der Waals surface area contributed by atoms with Crippen molar-refractivity contribution in [1.29, 1.82) is 0 Å². The molecule has 0 saturated heterocycles. The van der Waals surface area contributed by atoms with Gasteiger partial charge in [0.25, 0.3) is 0 Å². The molecule has 0 saturated carbocycles. The summed E-state index contributed by atoms with van der Waals surface area (Å²) in [5.74, 6) is 2.25. The highest BCUT2D eigenvalue weighted by atomic mass is 35.5. The second-order valence-electron chi connectivity index (χ2n) is 3.62. The van der Waals surface area contributed by atoms with Crippen molar-refractivity contribution < 1.29 is 14.2 Å². The minimum Gasteiger partial charge on any atom is -0.497 e. The van der Waals surface area contributed by atoms with Crippen molar-refractivity contribution in [1.82, 2.24) is 9.97 Å². The van der Waals surface area contributed by atoms with Crippen LogP contribution in [0.1, 0.15) is 5.82 Å². The first kappa shape index (κ1) is 13.4. The van der Waals surface area contributed by atoms with Gasteiger partial charge < -0.3 is 14.2 Å². The number of nitrogens with zero attached hydrogens (tertiary/aromatic N) is 2. The SMILES string of the molecule is COc1cccc(OCc2nc(Cl)cc(OC)n2)c1. The predicted molar refractivity (Wildman–Crippen MR) is 70.9 cm³/mol. The molecule has 0 spiro atoms. The molecule has 19 heavy (non-hydrogen) atoms. The predicted octanol–water partition coefficient (Wildman–Crippen LogP) is 2.73. The fourth-order valence-electron chi connectivity index (χ4n) is 1.45. The highest BCUT2D eigenvalue weighted by Gasteiger charge is 2.05. The van der Waals surface area contributed by atoms with Gasteiger partial charge in [0, 0.05) is 12.1 Å². The molecule has 100 valence electrons. The molecule has 0 amide bonds. The normalized spacial score (nSPS) is 10.1. The Morgan fingerprint density at radius 2 is 1.84 bits per heavy atom. The van der Waals surface area contributed by atoms with E-state index in [9.17, 15) is 0 Å². The Kier molecular flexibility index (Phi) is 4.41. The summed E-state index contributed by atoms with van der Waals surface area (Å²) in [6.07, 6.45) is 0. The van der Waals surface area contributed by atoms with E-state index in [1.165, 1.54) is 13.2 Å². The average Bonchev–Trinajstić information content (AvgIpc) is 2.44. The molecular weight excluding hydrogens is 268 g/mol. The lowest BCUT2D eigenvalue weighted by Crippen LogP contribution is -2.03. The zero-order valence-corrected chi connectivity index (χ0v) is 11.3. The molecule has 0 aliphatic carbocycles. The first-order valence-corrected chi connectivity index (χ1v) is 5.93. The van der Waals surface area contributed by atoms with Crippen molar-refractivity contribution in [2.45, 2.75) is 6.61 Å². The van der Waals surface area contributed by atoms with E-state index < -0.39 is 0 Å². The van der Waals surface area contributed by atoms with E-state index >= 15 is 0 Å². The van der Waals surface area contributed by atoms with Crippen LogP contribution in [0.15, 0.2) is 30.3 Å². The maximum Gasteiger partial charge on any atom is 0.217 e. The van der Waals surface area contributed by atoms with E-state index in [1.807, 2.05) is 18.2 Å². The third-order valence-electron chi connectivity index (χ3n) is 2.34. The molecule has 6 heteroatoms. The number of hydrogen-bond acceptors (Lipinski definition) is 5. The van der Waals surface area contributed by atoms with Gasteiger partial charge in [-0.05, 0) is 12.1 Å². The molecule has 2 rings (SSSR count). The van der Waals surface area contributed by atoms with Crippen LogP contribution in [0.5, 0.6) is 17.4 Å². The standard InChI is InChI=1S/C13H13ClN2O3/c1-17-9-4-3-5-10(6-9)19-8-12-15-11(14)7-13(16-12)18-2/h3-7H,8H2,1-2H3. The average molecular weight is 281 g/mol. The van der Waals surface area contributed by atoms with E-state index in [4.69, 9.17) is 25.8 Å². The number of ether oxygens (including phenoxy) is 3. The Balaban J connectivity index is 2.07. The van der Waals surface area contributed by atoms with Crippen LogP contribution in [0.4, 0.5) is 0 Å². The molecule has 0 N–H and O–H groups in total. The molecule has 1 aromatic heterocycles. The van der Waals surface area contributed by atoms with Crippen molar-refractivity contribution in [3.63, 3.8) is 0 Å². The van der Waals surface area contributed by atoms with E-state index in [0.717, 1.165) is 5.75 Å². The Hall–Kier alpha value is -2.01. The number of halogens is 1. The van der Waals surface area contributed by atoms with Crippen LogP contribution in [0.25, 0.3) is 0 Å². The van der Waals surface area contributed by atoms with Crippen LogP contribution in [-0.4, -0.2) is 24.2 Å². The highest BCUT2D eigenvalue weighted by Crippen LogP contribution is 2.20. The van der Waals surface area contributed by atoms with Crippen molar-refractivity contribution in [2.75, 3.05) is 14.2 Å². The first-order valence-electron chi connectivity index (χ1n) is 5.55. The van der Waals surface area contributed by atoms with Crippen molar-refractivity contribution >= 4 is 11.6 Å². The Morgan fingerprint density at radius 1 is 1.05 bits per heavy atom. The minimum absolute atomic E-state index is 0.198. The Labute approximate surface area is 116 Å². The second kappa shape index (κ2) is 6.24. The van der Waals surface area contributed by atoms with E-state index in [-0.39, 0.29) is 6.61 Å². The molecule has 0 aliphatic heterocycles. The largest absolute Gasteiger partial charge is 0.497 e. The van der Waals surface area contributed by atoms with Crippen LogP contribution in [0.2, 0.25) is 5.15 Å². The number of aromatic nitrogens is 2. The van der Waals surface area contributed by atoms with Gasteiger partial charge in [0.1, 0.15) is 23.3 Å². The molecule has 5 nitrogen and oxygen atoms in total. The second-order valence-corrected chi connectivity index (χ2v) is 4.00. The lowest BCUT2D eigenvalue weighted by atomic mass is 10.3. The van der Waals surface area contributed by atoms with Crippen LogP contribution in [-0.2, 0) is 6.61 Å². The zero-order chi connectivity index (χ0) is 13.7. The summed E-state index contributed by atoms with van der Waals surface area (Å²) >= 11 is 5.85. The van der Waals surface area contributed by atoms with Crippen molar-refractivity contribution in [3.8, 4) is 17.4 Å². The fraction of sp³-hybridized carbons (Fsp3) is 0.231. The Bertz CT molecular complexity index is 563. The van der Waals surface area contributed by atoms with E-state index in [2.05, 4.69) is 9.97 Å². The zero-order valence-electron chi connectivity index (χ0n) is 10.6. The number of rotatable bonds is 5. The van der Waals surface area contributed by atoms with Gasteiger partial charge in [-0.1, -0.05) is 17.7 Å². The molecule has 2 aromatic rings. The summed E-state index contributed by atoms with van der Waals surface area (Å²) in [6.45, 7) is 0.198. The Morgan fingerprint density at radius 3 is 2.58 bits per heavy atom. The molecule has 1 aromatic carbocycles. The molecule has 0 bridgehead atoms. The lowest BCUT2D eigenvalue weighted by molar-refractivity contribution is 0.290. The molecule has 0 atom stereocenters. The molecule has 1 heterocycles. The van der Waals surface area contributed by atoms with Crippen LogP contribution >= 0.6 is 11.6 Å². The summed E-state index contributed by atoms with van der Waals surface area (Å²) in [7, 11) is 3.12. The summed E-state index contributed by atoms with van der Waals surface area (Å²) in [5, 5.41) is 0.316. The van der Waals surface area contributed by atoms with Gasteiger partial charge in [-0.25, -0.2) is 4.98 Å². The van der Waals surface area contributed by atoms with Crippen LogP contribution in [0.3, 0.4) is 0 Å². The van der Waals surface area contributed by atoms with Crippen molar-refractivity contribution in [3.05, 3.63) is 41.3 Å². The maximum absolute atomic E-state index is 5.85. The van der Waals surface area contributed by atoms with Gasteiger partial charge in [0.05, 0.1) is 14.2 Å². The molecule has 0 fully saturated rings. The molecule has 0 unspecified atom stereocenters. The fourth-order valence-corrected chi connectivity index (χ4v) is 1.64. The summed E-state index contributed by atoms with van der Waals surface area (Å²) < 4.78 is 15.7. The van der Waals surface area contributed by atoms with Gasteiger partial charge in [-0.3, -0.25) is 0 Å². The van der Waals surface area contributed by atoms with Gasteiger partial charge in [-0.15, -0.1) is 0 Å². The molecular formula is C13H13ClN2O3. The summed E-state index contributed by atoms with van der Waals surface area (Å²) in [4.78, 5) is 8.19. The quantitative estimate of drug-likeness (QED) is 0.788. The van der Waals surface area contributed by atoms with Gasteiger partial charge in [0.2, 0.25) is 5.88 Å². The number of benzene rings is 1. The van der Waals surface area contributed by atoms with Crippen molar-refractivity contribution in [2.24, 2.45) is 0 Å². The van der Waals surface area contributed by atoms with Crippen LogP contribution in [0, 0.1) is 0 Å². The molecule has 0 aliphatic rings. The first-order chi connectivity index (χ1) is 9.21. The van der Waals surface area contributed by atoms with Gasteiger partial charge in [0.15, 0.2) is 5.82 Å². The third kappa shape index (κ3) is 3.72. The maximum atomic E-state index is 5.85. The van der Waals surface area contributed by atoms with Gasteiger partial charge >= 0.3 is 0 Å². The molecule has 0 radical (unpaired) electrons. The van der Waals surface area contributed by atoms with Gasteiger partial charge in [-0.2, -0.15) is 4.98 Å². The van der Waals surface area contributed by atoms with E-state index in [0.29, 0.717) is 22.6 Å². The van der Waals surface area contributed by atoms with Crippen LogP contribution < -0.4 is 14.2 Å². The minimum atomic E-state index is 0.198. The monoisotopic (exact) mass is 280 g/mol. The van der Waals surface area contributed by atoms with E-state index in [1.54, 1.807) is 13.2 Å². The number of hydrogen-bond donors (Lipinski definition) is 0. The highest BCUT2D eigenvalue weighted by molar-refractivity contribution is 6.29.